The number of carbonyl (C=O) groups excluding carboxylic acids is 1. The summed E-state index contributed by atoms with van der Waals surface area (Å²) < 4.78 is 5.42. The van der Waals surface area contributed by atoms with Crippen LogP contribution in [0.2, 0.25) is 0 Å². The fraction of sp³-hybridized carbons (Fsp3) is 0.500. The second-order valence-electron chi connectivity index (χ2n) is 5.75. The van der Waals surface area contributed by atoms with Crippen molar-refractivity contribution in [2.45, 2.75) is 33.2 Å². The number of hydrogen-bond acceptors (Lipinski definition) is 3. The molecule has 0 unspecified atom stereocenters. The van der Waals surface area contributed by atoms with Gasteiger partial charge in [-0.05, 0) is 29.2 Å². The molecule has 18 heavy (non-hydrogen) atoms. The number of ether oxygens (including phenoxy) is 1. The molecule has 1 aliphatic heterocycles. The third-order valence-electron chi connectivity index (χ3n) is 3.17. The molecule has 98 valence electrons. The number of fused-ring (bicyclic) bond motifs is 1. The van der Waals surface area contributed by atoms with Gasteiger partial charge in [0.15, 0.2) is 0 Å². The van der Waals surface area contributed by atoms with E-state index < -0.39 is 6.04 Å². The van der Waals surface area contributed by atoms with Gasteiger partial charge in [0.1, 0.15) is 5.75 Å². The first-order valence-electron chi connectivity index (χ1n) is 6.20. The lowest BCUT2D eigenvalue weighted by Gasteiger charge is -2.25. The van der Waals surface area contributed by atoms with E-state index in [4.69, 9.17) is 10.5 Å². The Balaban J connectivity index is 2.08. The minimum absolute atomic E-state index is 0.152. The molecule has 1 amide bonds. The highest BCUT2D eigenvalue weighted by Gasteiger charge is 2.27. The molecule has 0 radical (unpaired) electrons. The zero-order chi connectivity index (χ0) is 13.3. The third-order valence-corrected chi connectivity index (χ3v) is 3.17. The molecule has 1 aromatic carbocycles. The number of carbonyl (C=O) groups is 1. The molecular weight excluding hydrogens is 228 g/mol. The normalized spacial score (nSPS) is 15.8. The van der Waals surface area contributed by atoms with Gasteiger partial charge in [-0.15, -0.1) is 0 Å². The Morgan fingerprint density at radius 2 is 2.17 bits per heavy atom. The summed E-state index contributed by atoms with van der Waals surface area (Å²) in [6.07, 6.45) is 0.893. The maximum Gasteiger partial charge on any atom is 0.241 e. The first-order valence-corrected chi connectivity index (χ1v) is 6.20. The Hall–Kier alpha value is -1.55. The topological polar surface area (TPSA) is 64.4 Å². The first kappa shape index (κ1) is 12.9. The molecule has 0 spiro atoms. The van der Waals surface area contributed by atoms with E-state index in [0.29, 0.717) is 6.61 Å². The molecule has 3 N–H and O–H groups in total. The summed E-state index contributed by atoms with van der Waals surface area (Å²) in [5.41, 5.74) is 7.59. The lowest BCUT2D eigenvalue weighted by molar-refractivity contribution is -0.119. The monoisotopic (exact) mass is 248 g/mol. The number of amides is 1. The van der Waals surface area contributed by atoms with E-state index in [1.807, 2.05) is 39.0 Å². The van der Waals surface area contributed by atoms with Gasteiger partial charge < -0.3 is 15.8 Å². The maximum atomic E-state index is 12.0. The molecular formula is C14H20N2O2. The largest absolute Gasteiger partial charge is 0.493 e. The van der Waals surface area contributed by atoms with Gasteiger partial charge >= 0.3 is 0 Å². The Bertz CT molecular complexity index is 463. The standard InChI is InChI=1S/C14H20N2O2/c1-14(2,3)12(15)13(17)16-10-4-5-11-9(8-10)6-7-18-11/h4-5,8,12H,6-7,15H2,1-3H3,(H,16,17)/t12-/m1/s1. The second kappa shape index (κ2) is 4.61. The van der Waals surface area contributed by atoms with E-state index in [2.05, 4.69) is 5.32 Å². The van der Waals surface area contributed by atoms with Gasteiger partial charge in [-0.3, -0.25) is 4.79 Å². The molecule has 0 saturated heterocycles. The van der Waals surface area contributed by atoms with Gasteiger partial charge in [0.25, 0.3) is 0 Å². The van der Waals surface area contributed by atoms with Crippen LogP contribution < -0.4 is 15.8 Å². The predicted octanol–water partition coefficient (Wildman–Crippen LogP) is 1.93. The second-order valence-corrected chi connectivity index (χ2v) is 5.75. The summed E-state index contributed by atoms with van der Waals surface area (Å²) in [5.74, 6) is 0.759. The third kappa shape index (κ3) is 2.64. The van der Waals surface area contributed by atoms with Crippen LogP contribution in [0.5, 0.6) is 5.75 Å². The zero-order valence-electron chi connectivity index (χ0n) is 11.1. The van der Waals surface area contributed by atoms with Crippen molar-refractivity contribution in [3.63, 3.8) is 0 Å². The minimum Gasteiger partial charge on any atom is -0.493 e. The van der Waals surface area contributed by atoms with Crippen LogP contribution in [0, 0.1) is 5.41 Å². The molecule has 1 aromatic rings. The van der Waals surface area contributed by atoms with E-state index in [-0.39, 0.29) is 11.3 Å². The molecule has 0 aliphatic carbocycles. The van der Waals surface area contributed by atoms with Crippen molar-refractivity contribution in [2.24, 2.45) is 11.1 Å². The van der Waals surface area contributed by atoms with Crippen LogP contribution in [-0.2, 0) is 11.2 Å². The van der Waals surface area contributed by atoms with Gasteiger partial charge in [-0.2, -0.15) is 0 Å². The van der Waals surface area contributed by atoms with Crippen molar-refractivity contribution < 1.29 is 9.53 Å². The number of nitrogens with two attached hydrogens (primary N) is 1. The average molecular weight is 248 g/mol. The lowest BCUT2D eigenvalue weighted by atomic mass is 9.87. The summed E-state index contributed by atoms with van der Waals surface area (Å²) in [7, 11) is 0. The van der Waals surface area contributed by atoms with Crippen LogP contribution in [0.15, 0.2) is 18.2 Å². The van der Waals surface area contributed by atoms with Gasteiger partial charge in [0.2, 0.25) is 5.91 Å². The number of benzene rings is 1. The predicted molar refractivity (Wildman–Crippen MR) is 71.7 cm³/mol. The summed E-state index contributed by atoms with van der Waals surface area (Å²) in [6, 6.07) is 5.16. The van der Waals surface area contributed by atoms with Crippen molar-refractivity contribution >= 4 is 11.6 Å². The minimum atomic E-state index is -0.526. The smallest absolute Gasteiger partial charge is 0.241 e. The summed E-state index contributed by atoms with van der Waals surface area (Å²) >= 11 is 0. The van der Waals surface area contributed by atoms with Crippen LogP contribution in [0.3, 0.4) is 0 Å². The van der Waals surface area contributed by atoms with Gasteiger partial charge in [-0.1, -0.05) is 20.8 Å². The molecule has 1 atom stereocenters. The SMILES string of the molecule is CC(C)(C)[C@H](N)C(=O)Nc1ccc2c(c1)CCO2. The van der Waals surface area contributed by atoms with Crippen molar-refractivity contribution in [2.75, 3.05) is 11.9 Å². The molecule has 0 aromatic heterocycles. The molecule has 0 bridgehead atoms. The van der Waals surface area contributed by atoms with Crippen LogP contribution in [0.25, 0.3) is 0 Å². The van der Waals surface area contributed by atoms with Gasteiger partial charge in [0.05, 0.1) is 12.6 Å². The lowest BCUT2D eigenvalue weighted by Crippen LogP contribution is -2.45. The quantitative estimate of drug-likeness (QED) is 0.840. The highest BCUT2D eigenvalue weighted by Crippen LogP contribution is 2.28. The van der Waals surface area contributed by atoms with E-state index in [1.54, 1.807) is 0 Å². The Labute approximate surface area is 108 Å². The molecule has 0 saturated carbocycles. The van der Waals surface area contributed by atoms with E-state index in [9.17, 15) is 4.79 Å². The van der Waals surface area contributed by atoms with E-state index in [1.165, 1.54) is 0 Å². The summed E-state index contributed by atoms with van der Waals surface area (Å²) in [4.78, 5) is 12.0. The van der Waals surface area contributed by atoms with Crippen LogP contribution in [0.4, 0.5) is 5.69 Å². The highest BCUT2D eigenvalue weighted by molar-refractivity contribution is 5.95. The molecule has 1 aliphatic rings. The fourth-order valence-electron chi connectivity index (χ4n) is 1.88. The number of rotatable bonds is 2. The Morgan fingerprint density at radius 3 is 2.83 bits per heavy atom. The Kier molecular flexibility index (Phi) is 3.30. The molecule has 2 rings (SSSR count). The zero-order valence-corrected chi connectivity index (χ0v) is 11.1. The number of nitrogens with one attached hydrogen (secondary N) is 1. The fourth-order valence-corrected chi connectivity index (χ4v) is 1.88. The van der Waals surface area contributed by atoms with Crippen LogP contribution in [-0.4, -0.2) is 18.6 Å². The van der Waals surface area contributed by atoms with Crippen molar-refractivity contribution in [3.8, 4) is 5.75 Å². The van der Waals surface area contributed by atoms with Crippen molar-refractivity contribution in [1.82, 2.24) is 0 Å². The number of anilines is 1. The van der Waals surface area contributed by atoms with E-state index >= 15 is 0 Å². The molecule has 1 heterocycles. The van der Waals surface area contributed by atoms with E-state index in [0.717, 1.165) is 23.4 Å². The highest BCUT2D eigenvalue weighted by atomic mass is 16.5. The Morgan fingerprint density at radius 1 is 1.44 bits per heavy atom. The first-order chi connectivity index (χ1) is 8.38. The maximum absolute atomic E-state index is 12.0. The average Bonchev–Trinajstić information content (AvgIpc) is 2.73. The van der Waals surface area contributed by atoms with Crippen molar-refractivity contribution in [1.29, 1.82) is 0 Å². The summed E-state index contributed by atoms with van der Waals surface area (Å²) in [6.45, 7) is 6.57. The van der Waals surface area contributed by atoms with Crippen LogP contribution in [0.1, 0.15) is 26.3 Å². The van der Waals surface area contributed by atoms with Gasteiger partial charge in [-0.25, -0.2) is 0 Å². The number of hydrogen-bond donors (Lipinski definition) is 2. The summed E-state index contributed by atoms with van der Waals surface area (Å²) in [5, 5.41) is 2.86. The molecule has 0 fully saturated rings. The van der Waals surface area contributed by atoms with Crippen LogP contribution >= 0.6 is 0 Å². The van der Waals surface area contributed by atoms with Crippen molar-refractivity contribution in [3.05, 3.63) is 23.8 Å². The molecule has 4 heteroatoms. The molecule has 4 nitrogen and oxygen atoms in total. The van der Waals surface area contributed by atoms with Gasteiger partial charge in [0, 0.05) is 12.1 Å².